The number of halogens is 3. The van der Waals surface area contributed by atoms with Crippen molar-refractivity contribution in [3.05, 3.63) is 35.8 Å². The van der Waals surface area contributed by atoms with Crippen molar-refractivity contribution in [2.75, 3.05) is 0 Å². The summed E-state index contributed by atoms with van der Waals surface area (Å²) in [6.07, 6.45) is 1.20. The number of pyridine rings is 1. The molecule has 9 heteroatoms. The van der Waals surface area contributed by atoms with Crippen LogP contribution in [0.3, 0.4) is 0 Å². The van der Waals surface area contributed by atoms with Crippen LogP contribution in [0.25, 0.3) is 22.3 Å². The molecule has 27 heavy (non-hydrogen) atoms. The second-order valence-electron chi connectivity index (χ2n) is 6.06. The fraction of sp³-hybridized carbons (Fsp3) is 0.333. The van der Waals surface area contributed by atoms with Crippen LogP contribution in [0.4, 0.5) is 13.2 Å². The van der Waals surface area contributed by atoms with Crippen LogP contribution >= 0.6 is 11.8 Å². The number of rotatable bonds is 5. The molecule has 0 saturated carbocycles. The molecular formula is C18H16F3N5S. The van der Waals surface area contributed by atoms with E-state index in [2.05, 4.69) is 33.8 Å². The highest BCUT2D eigenvalue weighted by atomic mass is 32.2. The summed E-state index contributed by atoms with van der Waals surface area (Å²) < 4.78 is 39.2. The van der Waals surface area contributed by atoms with E-state index in [0.717, 1.165) is 25.1 Å². The van der Waals surface area contributed by atoms with Crippen molar-refractivity contribution < 1.29 is 13.2 Å². The third kappa shape index (κ3) is 4.06. The van der Waals surface area contributed by atoms with Gasteiger partial charge in [0, 0.05) is 34.8 Å². The zero-order valence-corrected chi connectivity index (χ0v) is 15.4. The van der Waals surface area contributed by atoms with E-state index in [0.29, 0.717) is 22.1 Å². The summed E-state index contributed by atoms with van der Waals surface area (Å²) in [5.41, 5.74) is 0.336. The number of alkyl halides is 3. The van der Waals surface area contributed by atoms with E-state index < -0.39 is 11.7 Å². The smallest absolute Gasteiger partial charge is 0.345 e. The van der Waals surface area contributed by atoms with E-state index >= 15 is 0 Å². The number of aromatic amines is 1. The zero-order valence-electron chi connectivity index (χ0n) is 14.6. The van der Waals surface area contributed by atoms with Gasteiger partial charge in [-0.1, -0.05) is 32.0 Å². The Kier molecular flexibility index (Phi) is 5.37. The number of nitrogens with zero attached hydrogens (tertiary/aromatic N) is 4. The first kappa shape index (κ1) is 19.2. The Bertz CT molecular complexity index is 1010. The number of thioether (sulfide) groups is 1. The van der Waals surface area contributed by atoms with Gasteiger partial charge in [-0.05, 0) is 12.5 Å². The highest BCUT2D eigenvalue weighted by Crippen LogP contribution is 2.35. The van der Waals surface area contributed by atoms with Gasteiger partial charge in [0.25, 0.3) is 0 Å². The van der Waals surface area contributed by atoms with Crippen molar-refractivity contribution in [3.63, 3.8) is 0 Å². The van der Waals surface area contributed by atoms with Crippen molar-refractivity contribution in [2.45, 2.75) is 43.3 Å². The molecule has 0 fully saturated rings. The Morgan fingerprint density at radius 3 is 2.74 bits per heavy atom. The molecule has 1 atom stereocenters. The molecule has 1 unspecified atom stereocenters. The first-order valence-corrected chi connectivity index (χ1v) is 9.20. The van der Waals surface area contributed by atoms with Gasteiger partial charge < -0.3 is 4.98 Å². The highest BCUT2D eigenvalue weighted by molar-refractivity contribution is 7.99. The summed E-state index contributed by atoms with van der Waals surface area (Å²) in [4.78, 5) is 15.3. The quantitative estimate of drug-likeness (QED) is 0.478. The standard InChI is InChI=1S/C18H16F3N5S/c1-3-4-10(2)27-17-25-7-11(6-22)15(26-17)14-9-24-16-13(14)5-12(8-23-16)18(19,20)21/h5,7-10H,3-4H2,1-2H3,(H,23,24). The fourth-order valence-corrected chi connectivity index (χ4v) is 3.68. The summed E-state index contributed by atoms with van der Waals surface area (Å²) in [6.45, 7) is 4.14. The van der Waals surface area contributed by atoms with Crippen molar-refractivity contribution in [3.8, 4) is 17.3 Å². The van der Waals surface area contributed by atoms with Crippen LogP contribution in [-0.2, 0) is 6.18 Å². The van der Waals surface area contributed by atoms with Crippen molar-refractivity contribution in [2.24, 2.45) is 0 Å². The summed E-state index contributed by atoms with van der Waals surface area (Å²) in [5, 5.41) is 10.4. The van der Waals surface area contributed by atoms with Gasteiger partial charge in [0.15, 0.2) is 5.16 Å². The lowest BCUT2D eigenvalue weighted by Crippen LogP contribution is -2.05. The summed E-state index contributed by atoms with van der Waals surface area (Å²) >= 11 is 1.47. The first-order valence-electron chi connectivity index (χ1n) is 8.32. The molecule has 140 valence electrons. The van der Waals surface area contributed by atoms with E-state index in [1.807, 2.05) is 6.07 Å². The molecule has 0 aliphatic carbocycles. The lowest BCUT2D eigenvalue weighted by molar-refractivity contribution is -0.137. The van der Waals surface area contributed by atoms with Crippen LogP contribution in [-0.4, -0.2) is 25.2 Å². The van der Waals surface area contributed by atoms with Gasteiger partial charge in [0.2, 0.25) is 0 Å². The average molecular weight is 391 g/mol. The van der Waals surface area contributed by atoms with Crippen LogP contribution in [0.5, 0.6) is 0 Å². The Morgan fingerprint density at radius 2 is 2.07 bits per heavy atom. The van der Waals surface area contributed by atoms with E-state index in [1.54, 1.807) is 0 Å². The molecule has 3 aromatic rings. The van der Waals surface area contributed by atoms with Gasteiger partial charge in [0.1, 0.15) is 11.7 Å². The first-order chi connectivity index (χ1) is 12.8. The molecule has 5 nitrogen and oxygen atoms in total. The predicted molar refractivity (Wildman–Crippen MR) is 97.1 cm³/mol. The minimum atomic E-state index is -4.50. The van der Waals surface area contributed by atoms with Gasteiger partial charge in [0.05, 0.1) is 16.8 Å². The van der Waals surface area contributed by atoms with Crippen molar-refractivity contribution in [1.82, 2.24) is 19.9 Å². The van der Waals surface area contributed by atoms with Crippen molar-refractivity contribution >= 4 is 22.8 Å². The van der Waals surface area contributed by atoms with E-state index in [4.69, 9.17) is 0 Å². The number of fused-ring (bicyclic) bond motifs is 1. The normalized spacial score (nSPS) is 12.9. The van der Waals surface area contributed by atoms with Crippen LogP contribution < -0.4 is 0 Å². The Labute approximate surface area is 158 Å². The monoisotopic (exact) mass is 391 g/mol. The minimum absolute atomic E-state index is 0.195. The molecule has 3 aromatic heterocycles. The molecule has 0 saturated heterocycles. The second kappa shape index (κ2) is 7.56. The number of H-pyrrole nitrogens is 1. The Balaban J connectivity index is 2.11. The van der Waals surface area contributed by atoms with Gasteiger partial charge in [-0.3, -0.25) is 0 Å². The molecule has 0 aromatic carbocycles. The maximum absolute atomic E-state index is 13.1. The van der Waals surface area contributed by atoms with Crippen LogP contribution in [0.15, 0.2) is 29.8 Å². The number of hydrogen-bond acceptors (Lipinski definition) is 5. The summed E-state index contributed by atoms with van der Waals surface area (Å²) in [7, 11) is 0. The second-order valence-corrected chi connectivity index (χ2v) is 7.47. The molecule has 0 spiro atoms. The molecule has 0 radical (unpaired) electrons. The Hall–Kier alpha value is -2.60. The maximum Gasteiger partial charge on any atom is 0.417 e. The zero-order chi connectivity index (χ0) is 19.6. The van der Waals surface area contributed by atoms with Gasteiger partial charge >= 0.3 is 6.18 Å². The minimum Gasteiger partial charge on any atom is -0.345 e. The number of aromatic nitrogens is 4. The SMILES string of the molecule is CCCC(C)Sc1ncc(C#N)c(-c2c[nH]c3ncc(C(F)(F)F)cc23)n1. The molecule has 0 aliphatic rings. The number of nitriles is 1. The maximum atomic E-state index is 13.1. The van der Waals surface area contributed by atoms with Crippen LogP contribution in [0.2, 0.25) is 0 Å². The third-order valence-corrected chi connectivity index (χ3v) is 5.05. The molecule has 3 heterocycles. The third-order valence-electron chi connectivity index (χ3n) is 4.00. The van der Waals surface area contributed by atoms with Crippen LogP contribution in [0.1, 0.15) is 37.8 Å². The predicted octanol–water partition coefficient (Wildman–Crippen LogP) is 5.19. The van der Waals surface area contributed by atoms with Gasteiger partial charge in [-0.2, -0.15) is 18.4 Å². The molecule has 3 rings (SSSR count). The molecular weight excluding hydrogens is 375 g/mol. The molecule has 0 amide bonds. The van der Waals surface area contributed by atoms with Gasteiger partial charge in [-0.25, -0.2) is 15.0 Å². The average Bonchev–Trinajstić information content (AvgIpc) is 3.04. The topological polar surface area (TPSA) is 78.2 Å². The van der Waals surface area contributed by atoms with E-state index in [1.165, 1.54) is 24.2 Å². The van der Waals surface area contributed by atoms with Crippen LogP contribution in [0, 0.1) is 11.3 Å². The fourth-order valence-electron chi connectivity index (χ4n) is 2.71. The molecule has 0 bridgehead atoms. The van der Waals surface area contributed by atoms with E-state index in [-0.39, 0.29) is 16.2 Å². The molecule has 0 aliphatic heterocycles. The summed E-state index contributed by atoms with van der Waals surface area (Å²) in [5.74, 6) is 0. The molecule has 1 N–H and O–H groups in total. The van der Waals surface area contributed by atoms with Crippen molar-refractivity contribution in [1.29, 1.82) is 5.26 Å². The van der Waals surface area contributed by atoms with E-state index in [9.17, 15) is 18.4 Å². The number of hydrogen-bond donors (Lipinski definition) is 1. The van der Waals surface area contributed by atoms with Gasteiger partial charge in [-0.15, -0.1) is 0 Å². The highest BCUT2D eigenvalue weighted by Gasteiger charge is 2.31. The lowest BCUT2D eigenvalue weighted by atomic mass is 10.1. The number of nitrogens with one attached hydrogen (secondary N) is 1. The lowest BCUT2D eigenvalue weighted by Gasteiger charge is -2.10. The summed E-state index contributed by atoms with van der Waals surface area (Å²) in [6, 6.07) is 3.03. The largest absolute Gasteiger partial charge is 0.417 e. The Morgan fingerprint density at radius 1 is 1.30 bits per heavy atom.